The van der Waals surface area contributed by atoms with E-state index >= 15 is 0 Å². The number of benzene rings is 3. The summed E-state index contributed by atoms with van der Waals surface area (Å²) in [6.07, 6.45) is 5.27. The first-order valence-corrected chi connectivity index (χ1v) is 12.9. The lowest BCUT2D eigenvalue weighted by molar-refractivity contribution is -0.123. The Balaban J connectivity index is 1.19. The van der Waals surface area contributed by atoms with Crippen molar-refractivity contribution in [2.24, 2.45) is 0 Å². The van der Waals surface area contributed by atoms with E-state index in [2.05, 4.69) is 82.3 Å². The molecule has 0 bridgehead atoms. The number of likely N-dealkylation sites (tertiary alicyclic amines) is 1. The maximum absolute atomic E-state index is 13.0. The second kappa shape index (κ2) is 10.6. The molecule has 35 heavy (non-hydrogen) atoms. The minimum absolute atomic E-state index is 0.0921. The van der Waals surface area contributed by atoms with Crippen molar-refractivity contribution < 1.29 is 9.59 Å². The Labute approximate surface area is 207 Å². The minimum Gasteiger partial charge on any atom is -0.352 e. The molecule has 2 amide bonds. The van der Waals surface area contributed by atoms with Crippen LogP contribution in [0.15, 0.2) is 72.8 Å². The van der Waals surface area contributed by atoms with Crippen molar-refractivity contribution in [1.82, 2.24) is 15.5 Å². The van der Waals surface area contributed by atoms with Crippen molar-refractivity contribution in [3.63, 3.8) is 0 Å². The highest BCUT2D eigenvalue weighted by Crippen LogP contribution is 2.32. The summed E-state index contributed by atoms with van der Waals surface area (Å²) in [4.78, 5) is 27.7. The Morgan fingerprint density at radius 2 is 1.83 bits per heavy atom. The van der Waals surface area contributed by atoms with Crippen LogP contribution in [0.5, 0.6) is 0 Å². The Morgan fingerprint density at radius 1 is 1.03 bits per heavy atom. The van der Waals surface area contributed by atoms with Gasteiger partial charge in [-0.15, -0.1) is 0 Å². The van der Waals surface area contributed by atoms with Crippen molar-refractivity contribution in [1.29, 1.82) is 0 Å². The SMILES string of the molecule is O=C(CC[C@@]1(Cc2cccc3ccccc23)CCC(=O)N1)N[C@@H]1CCCN(Cc2ccccc2)C1. The first-order valence-electron chi connectivity index (χ1n) is 12.9. The molecule has 2 fully saturated rings. The molecule has 5 nitrogen and oxygen atoms in total. The van der Waals surface area contributed by atoms with Gasteiger partial charge in [0.05, 0.1) is 0 Å². The smallest absolute Gasteiger partial charge is 0.220 e. The van der Waals surface area contributed by atoms with Crippen molar-refractivity contribution in [2.45, 2.75) is 63.1 Å². The van der Waals surface area contributed by atoms with E-state index in [4.69, 9.17) is 0 Å². The predicted octanol–water partition coefficient (Wildman–Crippen LogP) is 4.59. The van der Waals surface area contributed by atoms with Crippen molar-refractivity contribution in [3.8, 4) is 0 Å². The summed E-state index contributed by atoms with van der Waals surface area (Å²) in [5, 5.41) is 8.96. The standard InChI is InChI=1S/C30H35N3O2/c34-28(31-26-13-7-19-33(22-26)21-23-8-2-1-3-9-23)15-17-30(18-16-29(35)32-30)20-25-12-6-11-24-10-4-5-14-27(24)25/h1-6,8-12,14,26H,7,13,15-22H2,(H,31,34)(H,32,35)/t26-,30+/m1/s1. The molecule has 0 unspecified atom stereocenters. The maximum Gasteiger partial charge on any atom is 0.220 e. The van der Waals surface area contributed by atoms with Crippen LogP contribution >= 0.6 is 0 Å². The van der Waals surface area contributed by atoms with Crippen LogP contribution in [0.1, 0.15) is 49.7 Å². The Kier molecular flexibility index (Phi) is 7.14. The molecule has 5 heteroatoms. The molecule has 0 aliphatic carbocycles. The summed E-state index contributed by atoms with van der Waals surface area (Å²) < 4.78 is 0. The van der Waals surface area contributed by atoms with Crippen LogP contribution < -0.4 is 10.6 Å². The van der Waals surface area contributed by atoms with E-state index in [9.17, 15) is 9.59 Å². The highest BCUT2D eigenvalue weighted by molar-refractivity contribution is 5.86. The Hall–Kier alpha value is -3.18. The summed E-state index contributed by atoms with van der Waals surface area (Å²) in [5.41, 5.74) is 2.19. The van der Waals surface area contributed by atoms with Crippen LogP contribution in [-0.4, -0.2) is 41.4 Å². The normalized spacial score (nSPS) is 22.7. The van der Waals surface area contributed by atoms with Gasteiger partial charge in [-0.05, 0) is 60.5 Å². The van der Waals surface area contributed by atoms with Gasteiger partial charge in [-0.25, -0.2) is 0 Å². The number of amides is 2. The van der Waals surface area contributed by atoms with Crippen LogP contribution in [0.2, 0.25) is 0 Å². The molecule has 0 radical (unpaired) electrons. The summed E-state index contributed by atoms with van der Waals surface area (Å²) >= 11 is 0. The van der Waals surface area contributed by atoms with Gasteiger partial charge in [0.2, 0.25) is 11.8 Å². The zero-order chi connectivity index (χ0) is 24.1. The largest absolute Gasteiger partial charge is 0.352 e. The molecule has 3 aromatic rings. The zero-order valence-corrected chi connectivity index (χ0v) is 20.3. The molecule has 182 valence electrons. The van der Waals surface area contributed by atoms with E-state index in [1.165, 1.54) is 21.9 Å². The van der Waals surface area contributed by atoms with Crippen molar-refractivity contribution >= 4 is 22.6 Å². The van der Waals surface area contributed by atoms with Crippen LogP contribution in [0, 0.1) is 0 Å². The summed E-state index contributed by atoms with van der Waals surface area (Å²) in [5.74, 6) is 0.185. The van der Waals surface area contributed by atoms with E-state index < -0.39 is 0 Å². The molecule has 0 spiro atoms. The summed E-state index contributed by atoms with van der Waals surface area (Å²) in [7, 11) is 0. The quantitative estimate of drug-likeness (QED) is 0.507. The number of piperidine rings is 1. The number of carbonyl (C=O) groups excluding carboxylic acids is 2. The van der Waals surface area contributed by atoms with Gasteiger partial charge in [0.1, 0.15) is 0 Å². The van der Waals surface area contributed by atoms with E-state index in [1.54, 1.807) is 0 Å². The van der Waals surface area contributed by atoms with Gasteiger partial charge in [0, 0.05) is 37.5 Å². The monoisotopic (exact) mass is 469 g/mol. The summed E-state index contributed by atoms with van der Waals surface area (Å²) in [6.45, 7) is 2.88. The number of carbonyl (C=O) groups is 2. The van der Waals surface area contributed by atoms with Crippen LogP contribution in [0.3, 0.4) is 0 Å². The van der Waals surface area contributed by atoms with E-state index in [1.807, 2.05) is 6.07 Å². The van der Waals surface area contributed by atoms with Gasteiger partial charge in [-0.2, -0.15) is 0 Å². The number of hydrogen-bond donors (Lipinski definition) is 2. The highest BCUT2D eigenvalue weighted by Gasteiger charge is 2.38. The topological polar surface area (TPSA) is 61.4 Å². The average Bonchev–Trinajstić information content (AvgIpc) is 3.24. The number of fused-ring (bicyclic) bond motifs is 1. The number of hydrogen-bond acceptors (Lipinski definition) is 3. The van der Waals surface area contributed by atoms with E-state index in [0.717, 1.165) is 45.3 Å². The van der Waals surface area contributed by atoms with Crippen LogP contribution in [-0.2, 0) is 22.6 Å². The first-order chi connectivity index (χ1) is 17.1. The lowest BCUT2D eigenvalue weighted by atomic mass is 9.83. The molecule has 0 aromatic heterocycles. The van der Waals surface area contributed by atoms with Gasteiger partial charge in [-0.1, -0.05) is 72.8 Å². The third kappa shape index (κ3) is 5.91. The molecule has 2 N–H and O–H groups in total. The Bertz CT molecular complexity index is 1170. The van der Waals surface area contributed by atoms with Crippen LogP contribution in [0.25, 0.3) is 10.8 Å². The summed E-state index contributed by atoms with van der Waals surface area (Å²) in [6, 6.07) is 25.4. The third-order valence-electron chi connectivity index (χ3n) is 7.59. The van der Waals surface area contributed by atoms with Gasteiger partial charge in [0.25, 0.3) is 0 Å². The average molecular weight is 470 g/mol. The molecule has 2 atom stereocenters. The van der Waals surface area contributed by atoms with Crippen molar-refractivity contribution in [2.75, 3.05) is 13.1 Å². The third-order valence-corrected chi connectivity index (χ3v) is 7.59. The molecular weight excluding hydrogens is 434 g/mol. The van der Waals surface area contributed by atoms with E-state index in [0.29, 0.717) is 19.3 Å². The molecule has 2 heterocycles. The van der Waals surface area contributed by atoms with Crippen LogP contribution in [0.4, 0.5) is 0 Å². The van der Waals surface area contributed by atoms with E-state index in [-0.39, 0.29) is 23.4 Å². The van der Waals surface area contributed by atoms with Crippen molar-refractivity contribution in [3.05, 3.63) is 83.9 Å². The van der Waals surface area contributed by atoms with Gasteiger partial charge in [0.15, 0.2) is 0 Å². The predicted molar refractivity (Wildman–Crippen MR) is 140 cm³/mol. The van der Waals surface area contributed by atoms with Gasteiger partial charge >= 0.3 is 0 Å². The second-order valence-electron chi connectivity index (χ2n) is 10.3. The number of nitrogens with zero attached hydrogens (tertiary/aromatic N) is 1. The van der Waals surface area contributed by atoms with Gasteiger partial charge < -0.3 is 10.6 Å². The molecule has 2 saturated heterocycles. The molecular formula is C30H35N3O2. The molecule has 2 aliphatic heterocycles. The molecule has 0 saturated carbocycles. The minimum atomic E-state index is -0.357. The zero-order valence-electron chi connectivity index (χ0n) is 20.3. The fraction of sp³-hybridized carbons (Fsp3) is 0.400. The number of rotatable bonds is 8. The number of nitrogens with one attached hydrogen (secondary N) is 2. The molecule has 3 aromatic carbocycles. The first kappa shape index (κ1) is 23.6. The fourth-order valence-electron chi connectivity index (χ4n) is 5.80. The second-order valence-corrected chi connectivity index (χ2v) is 10.3. The van der Waals surface area contributed by atoms with Gasteiger partial charge in [-0.3, -0.25) is 14.5 Å². The molecule has 5 rings (SSSR count). The Morgan fingerprint density at radius 3 is 2.66 bits per heavy atom. The lowest BCUT2D eigenvalue weighted by Crippen LogP contribution is -2.48. The lowest BCUT2D eigenvalue weighted by Gasteiger charge is -2.34. The highest BCUT2D eigenvalue weighted by atomic mass is 16.2. The fourth-order valence-corrected chi connectivity index (χ4v) is 5.80. The maximum atomic E-state index is 13.0. The molecule has 2 aliphatic rings.